The van der Waals surface area contributed by atoms with Gasteiger partial charge >= 0.3 is 5.97 Å². The number of hydrogen-bond donors (Lipinski definition) is 1. The molecule has 0 aliphatic carbocycles. The summed E-state index contributed by atoms with van der Waals surface area (Å²) in [6, 6.07) is 4.45. The molecular weight excluding hydrogens is 298 g/mol. The van der Waals surface area contributed by atoms with Crippen molar-refractivity contribution in [2.75, 3.05) is 0 Å². The van der Waals surface area contributed by atoms with Crippen LogP contribution >= 0.6 is 27.3 Å². The Morgan fingerprint density at radius 2 is 2.12 bits per heavy atom. The number of fused-ring (bicyclic) bond motifs is 1. The summed E-state index contributed by atoms with van der Waals surface area (Å²) in [6.45, 7) is 0. The maximum Gasteiger partial charge on any atom is 0.345 e. The molecule has 0 fully saturated rings. The maximum absolute atomic E-state index is 10.8. The number of non-ortho nitro benzene ring substituents is 1. The van der Waals surface area contributed by atoms with Crippen molar-refractivity contribution in [1.29, 1.82) is 0 Å². The van der Waals surface area contributed by atoms with E-state index in [1.54, 1.807) is 6.07 Å². The lowest BCUT2D eigenvalue weighted by atomic mass is 10.2. The number of hydrogen-bond acceptors (Lipinski definition) is 4. The molecule has 1 aromatic carbocycles. The van der Waals surface area contributed by atoms with E-state index in [9.17, 15) is 14.9 Å². The second-order valence-corrected chi connectivity index (χ2v) is 4.98. The molecule has 0 amide bonds. The first-order valence-electron chi connectivity index (χ1n) is 4.10. The summed E-state index contributed by atoms with van der Waals surface area (Å²) in [5, 5.41) is 20.2. The number of nitro groups is 1. The van der Waals surface area contributed by atoms with E-state index in [4.69, 9.17) is 5.11 Å². The molecule has 2 rings (SSSR count). The molecule has 0 unspecified atom stereocenters. The van der Waals surface area contributed by atoms with Crippen LogP contribution in [0.2, 0.25) is 0 Å². The highest BCUT2D eigenvalue weighted by Gasteiger charge is 2.18. The van der Waals surface area contributed by atoms with Crippen molar-refractivity contribution in [2.45, 2.75) is 0 Å². The lowest BCUT2D eigenvalue weighted by Gasteiger charge is -1.94. The molecule has 82 valence electrons. The van der Waals surface area contributed by atoms with Gasteiger partial charge in [-0.3, -0.25) is 10.1 Å². The molecule has 2 aromatic rings. The van der Waals surface area contributed by atoms with Crippen molar-refractivity contribution in [3.63, 3.8) is 0 Å². The van der Waals surface area contributed by atoms with E-state index in [2.05, 4.69) is 15.9 Å². The van der Waals surface area contributed by atoms with Crippen molar-refractivity contribution < 1.29 is 14.8 Å². The molecule has 0 bridgehead atoms. The van der Waals surface area contributed by atoms with Gasteiger partial charge in [-0.15, -0.1) is 11.3 Å². The van der Waals surface area contributed by atoms with Crippen LogP contribution < -0.4 is 0 Å². The van der Waals surface area contributed by atoms with Crippen LogP contribution in [0.15, 0.2) is 22.7 Å². The average Bonchev–Trinajstić information content (AvgIpc) is 2.59. The number of aromatic carboxylic acids is 1. The number of carbonyl (C=O) groups is 1. The molecule has 0 saturated heterocycles. The van der Waals surface area contributed by atoms with Crippen molar-refractivity contribution in [2.24, 2.45) is 0 Å². The van der Waals surface area contributed by atoms with Gasteiger partial charge in [0.15, 0.2) is 0 Å². The fraction of sp³-hybridized carbons (Fsp3) is 0. The van der Waals surface area contributed by atoms with Crippen molar-refractivity contribution >= 4 is 49.0 Å². The molecule has 1 aromatic heterocycles. The molecule has 0 radical (unpaired) electrons. The van der Waals surface area contributed by atoms with Gasteiger partial charge < -0.3 is 5.11 Å². The van der Waals surface area contributed by atoms with Crippen LogP contribution in [0.4, 0.5) is 5.69 Å². The van der Waals surface area contributed by atoms with Crippen LogP contribution in [-0.4, -0.2) is 16.0 Å². The number of benzene rings is 1. The molecular formula is C9H4BrNO4S. The quantitative estimate of drug-likeness (QED) is 0.682. The first-order valence-corrected chi connectivity index (χ1v) is 5.71. The van der Waals surface area contributed by atoms with Crippen molar-refractivity contribution in [3.8, 4) is 0 Å². The van der Waals surface area contributed by atoms with Gasteiger partial charge in [0.25, 0.3) is 5.69 Å². The topological polar surface area (TPSA) is 80.4 Å². The summed E-state index contributed by atoms with van der Waals surface area (Å²) < 4.78 is 0.937. The van der Waals surface area contributed by atoms with E-state index in [1.807, 2.05) is 0 Å². The zero-order valence-corrected chi connectivity index (χ0v) is 10.0. The molecule has 0 aliphatic heterocycles. The average molecular weight is 302 g/mol. The minimum absolute atomic E-state index is 0.0816. The minimum Gasteiger partial charge on any atom is -0.477 e. The van der Waals surface area contributed by atoms with Crippen LogP contribution in [0.5, 0.6) is 0 Å². The van der Waals surface area contributed by atoms with Crippen LogP contribution in [0.25, 0.3) is 10.1 Å². The van der Waals surface area contributed by atoms with Gasteiger partial charge in [-0.1, -0.05) is 15.9 Å². The number of carboxylic acid groups (broad SMARTS) is 1. The summed E-state index contributed by atoms with van der Waals surface area (Å²) in [7, 11) is 0. The summed E-state index contributed by atoms with van der Waals surface area (Å²) in [4.78, 5) is 21.1. The Morgan fingerprint density at radius 1 is 1.44 bits per heavy atom. The normalized spacial score (nSPS) is 10.6. The zero-order valence-electron chi connectivity index (χ0n) is 7.64. The first-order chi connectivity index (χ1) is 7.49. The molecule has 16 heavy (non-hydrogen) atoms. The predicted octanol–water partition coefficient (Wildman–Crippen LogP) is 3.27. The van der Waals surface area contributed by atoms with E-state index in [1.165, 1.54) is 12.1 Å². The van der Waals surface area contributed by atoms with Gasteiger partial charge in [-0.2, -0.15) is 0 Å². The van der Waals surface area contributed by atoms with Gasteiger partial charge in [0.05, 0.1) is 4.92 Å². The predicted molar refractivity (Wildman–Crippen MR) is 63.1 cm³/mol. The molecule has 0 saturated carbocycles. The second-order valence-electron chi connectivity index (χ2n) is 3.02. The molecule has 5 nitrogen and oxygen atoms in total. The number of thiophene rings is 1. The summed E-state index contributed by atoms with van der Waals surface area (Å²) in [5.74, 6) is -1.08. The number of nitro benzene ring substituents is 1. The Morgan fingerprint density at radius 3 is 2.69 bits per heavy atom. The number of carboxylic acids is 1. The fourth-order valence-electron chi connectivity index (χ4n) is 1.34. The summed E-state index contributed by atoms with van der Waals surface area (Å²) in [5.41, 5.74) is -0.0816. The van der Waals surface area contributed by atoms with Crippen LogP contribution in [-0.2, 0) is 0 Å². The van der Waals surface area contributed by atoms with Crippen LogP contribution in [0.1, 0.15) is 9.67 Å². The number of nitrogens with zero attached hydrogens (tertiary/aromatic N) is 1. The standard InChI is InChI=1S/C9H4BrNO4S/c10-5-1-4-2-7(9(12)13)16-8(4)6(3-5)11(14)15/h1-3H,(H,12,13). The minimum atomic E-state index is -1.08. The zero-order chi connectivity index (χ0) is 11.9. The van der Waals surface area contributed by atoms with Crippen LogP contribution in [0, 0.1) is 10.1 Å². The Balaban J connectivity index is 2.80. The first kappa shape index (κ1) is 11.0. The van der Waals surface area contributed by atoms with E-state index in [0.717, 1.165) is 11.3 Å². The largest absolute Gasteiger partial charge is 0.477 e. The molecule has 0 spiro atoms. The fourth-order valence-corrected chi connectivity index (χ4v) is 2.77. The lowest BCUT2D eigenvalue weighted by molar-refractivity contribution is -0.382. The van der Waals surface area contributed by atoms with Crippen molar-refractivity contribution in [3.05, 3.63) is 37.7 Å². The van der Waals surface area contributed by atoms with Gasteiger partial charge in [0.2, 0.25) is 0 Å². The SMILES string of the molecule is O=C(O)c1cc2cc(Br)cc([N+](=O)[O-])c2s1. The monoisotopic (exact) mass is 301 g/mol. The van der Waals surface area contributed by atoms with Gasteiger partial charge in [-0.05, 0) is 12.1 Å². The second kappa shape index (κ2) is 3.84. The third kappa shape index (κ3) is 1.79. The number of rotatable bonds is 2. The van der Waals surface area contributed by atoms with Crippen LogP contribution in [0.3, 0.4) is 0 Å². The summed E-state index contributed by atoms with van der Waals surface area (Å²) >= 11 is 4.06. The Bertz CT molecular complexity index is 607. The Kier molecular flexibility index (Phi) is 2.64. The maximum atomic E-state index is 10.8. The van der Waals surface area contributed by atoms with E-state index >= 15 is 0 Å². The molecule has 1 heterocycles. The van der Waals surface area contributed by atoms with E-state index < -0.39 is 10.9 Å². The smallest absolute Gasteiger partial charge is 0.345 e. The molecule has 0 aliphatic rings. The number of halogens is 1. The Hall–Kier alpha value is -1.47. The highest BCUT2D eigenvalue weighted by Crippen LogP contribution is 2.36. The highest BCUT2D eigenvalue weighted by atomic mass is 79.9. The third-order valence-electron chi connectivity index (χ3n) is 1.97. The highest BCUT2D eigenvalue weighted by molar-refractivity contribution is 9.10. The molecule has 0 atom stereocenters. The summed E-state index contributed by atoms with van der Waals surface area (Å²) in [6.07, 6.45) is 0. The third-order valence-corrected chi connectivity index (χ3v) is 3.59. The lowest BCUT2D eigenvalue weighted by Crippen LogP contribution is -1.89. The Labute approximate surface area is 102 Å². The molecule has 1 N–H and O–H groups in total. The van der Waals surface area contributed by atoms with E-state index in [-0.39, 0.29) is 10.6 Å². The van der Waals surface area contributed by atoms with E-state index in [0.29, 0.717) is 14.6 Å². The van der Waals surface area contributed by atoms with Gasteiger partial charge in [0.1, 0.15) is 9.58 Å². The van der Waals surface area contributed by atoms with Crippen molar-refractivity contribution in [1.82, 2.24) is 0 Å². The van der Waals surface area contributed by atoms with Gasteiger partial charge in [-0.25, -0.2) is 4.79 Å². The molecule has 7 heteroatoms. The van der Waals surface area contributed by atoms with Gasteiger partial charge in [0, 0.05) is 15.9 Å².